The molecule has 76 valence electrons. The molecule has 3 nitrogen and oxygen atoms in total. The first-order chi connectivity index (χ1) is 6.45. The lowest BCUT2D eigenvalue weighted by Gasteiger charge is -2.08. The predicted octanol–water partition coefficient (Wildman–Crippen LogP) is 2.38. The number of aromatic nitrogens is 1. The zero-order valence-electron chi connectivity index (χ0n) is 6.60. The van der Waals surface area contributed by atoms with E-state index in [9.17, 15) is 13.6 Å². The normalized spacial score (nSPS) is 10.6. The number of carbonyl (C=O) groups is 1. The van der Waals surface area contributed by atoms with Crippen molar-refractivity contribution in [1.29, 1.82) is 0 Å². The van der Waals surface area contributed by atoms with Gasteiger partial charge in [-0.3, -0.25) is 4.79 Å². The maximum Gasteiger partial charge on any atom is 0.265 e. The van der Waals surface area contributed by atoms with Gasteiger partial charge in [-0.05, 0) is 22.6 Å². The van der Waals surface area contributed by atoms with E-state index in [4.69, 9.17) is 17.3 Å². The average molecular weight is 332 g/mol. The van der Waals surface area contributed by atoms with E-state index in [1.54, 1.807) is 22.6 Å². The van der Waals surface area contributed by atoms with Crippen LogP contribution in [0.4, 0.5) is 8.78 Å². The zero-order valence-corrected chi connectivity index (χ0v) is 9.51. The van der Waals surface area contributed by atoms with E-state index >= 15 is 0 Å². The van der Waals surface area contributed by atoms with Crippen molar-refractivity contribution >= 4 is 40.1 Å². The molecule has 0 unspecified atom stereocenters. The van der Waals surface area contributed by atoms with Gasteiger partial charge in [0.05, 0.1) is 9.13 Å². The first-order valence-electron chi connectivity index (χ1n) is 3.37. The molecule has 0 aliphatic heterocycles. The highest BCUT2D eigenvalue weighted by Crippen LogP contribution is 2.30. The monoisotopic (exact) mass is 332 g/mol. The van der Waals surface area contributed by atoms with Gasteiger partial charge in [-0.1, -0.05) is 11.6 Å². The van der Waals surface area contributed by atoms with Gasteiger partial charge in [0.15, 0.2) is 0 Å². The lowest BCUT2D eigenvalue weighted by molar-refractivity contribution is 0.0985. The van der Waals surface area contributed by atoms with Gasteiger partial charge in [-0.2, -0.15) is 0 Å². The van der Waals surface area contributed by atoms with E-state index in [0.29, 0.717) is 0 Å². The molecule has 0 saturated carbocycles. The number of carbonyl (C=O) groups excluding carboxylic acids is 1. The van der Waals surface area contributed by atoms with E-state index in [1.165, 1.54) is 0 Å². The number of pyridine rings is 1. The molecule has 0 radical (unpaired) electrons. The predicted molar refractivity (Wildman–Crippen MR) is 55.4 cm³/mol. The van der Waals surface area contributed by atoms with Gasteiger partial charge in [0.25, 0.3) is 12.3 Å². The minimum Gasteiger partial charge on any atom is -0.366 e. The summed E-state index contributed by atoms with van der Waals surface area (Å²) in [5, 5.41) is -0.0640. The van der Waals surface area contributed by atoms with Crippen LogP contribution >= 0.6 is 34.2 Å². The standard InChI is InChI=1S/C7H4ClF2IN2O/c8-5-4(11)3(6(9)10)2(1-13-5)7(12)14/h1,6H,(H2,12,14). The molecule has 2 N–H and O–H groups in total. The summed E-state index contributed by atoms with van der Waals surface area (Å²) < 4.78 is 25.1. The number of hydrogen-bond donors (Lipinski definition) is 1. The fourth-order valence-electron chi connectivity index (χ4n) is 0.886. The maximum absolute atomic E-state index is 12.5. The summed E-state index contributed by atoms with van der Waals surface area (Å²) in [6, 6.07) is 0. The third-order valence-electron chi connectivity index (χ3n) is 1.50. The molecule has 0 bridgehead atoms. The highest BCUT2D eigenvalue weighted by atomic mass is 127. The molecule has 0 aliphatic rings. The quantitative estimate of drug-likeness (QED) is 0.668. The van der Waals surface area contributed by atoms with Crippen LogP contribution in [0.1, 0.15) is 22.3 Å². The molecule has 0 aromatic carbocycles. The topological polar surface area (TPSA) is 56.0 Å². The van der Waals surface area contributed by atoms with Gasteiger partial charge in [-0.25, -0.2) is 13.8 Å². The van der Waals surface area contributed by atoms with Crippen molar-refractivity contribution < 1.29 is 13.6 Å². The van der Waals surface area contributed by atoms with E-state index < -0.39 is 17.9 Å². The number of primary amides is 1. The second-order valence-electron chi connectivity index (χ2n) is 2.36. The Kier molecular flexibility index (Phi) is 3.59. The van der Waals surface area contributed by atoms with Crippen molar-refractivity contribution in [1.82, 2.24) is 4.98 Å². The molecule has 0 fully saturated rings. The van der Waals surface area contributed by atoms with Crippen LogP contribution < -0.4 is 5.73 Å². The summed E-state index contributed by atoms with van der Waals surface area (Å²) in [4.78, 5) is 14.4. The number of hydrogen-bond acceptors (Lipinski definition) is 2. The Morgan fingerprint density at radius 1 is 1.64 bits per heavy atom. The van der Waals surface area contributed by atoms with E-state index in [0.717, 1.165) is 6.20 Å². The molecular weight excluding hydrogens is 328 g/mol. The van der Waals surface area contributed by atoms with E-state index in [-0.39, 0.29) is 14.3 Å². The largest absolute Gasteiger partial charge is 0.366 e. The Bertz CT molecular complexity index is 386. The van der Waals surface area contributed by atoms with Crippen molar-refractivity contribution in [2.75, 3.05) is 0 Å². The molecule has 1 aromatic rings. The summed E-state index contributed by atoms with van der Waals surface area (Å²) in [5.41, 5.74) is 4.16. The summed E-state index contributed by atoms with van der Waals surface area (Å²) in [6.45, 7) is 0. The van der Waals surface area contributed by atoms with Gasteiger partial charge < -0.3 is 5.73 Å². The van der Waals surface area contributed by atoms with Gasteiger partial charge in [-0.15, -0.1) is 0 Å². The maximum atomic E-state index is 12.5. The second kappa shape index (κ2) is 4.35. The minimum atomic E-state index is -2.80. The van der Waals surface area contributed by atoms with Crippen molar-refractivity contribution in [3.05, 3.63) is 26.0 Å². The second-order valence-corrected chi connectivity index (χ2v) is 3.79. The van der Waals surface area contributed by atoms with Crippen molar-refractivity contribution in [2.45, 2.75) is 6.43 Å². The van der Waals surface area contributed by atoms with Gasteiger partial charge in [0, 0.05) is 11.8 Å². The summed E-state index contributed by atoms with van der Waals surface area (Å²) in [5.74, 6) is -0.942. The molecule has 0 saturated heterocycles. The smallest absolute Gasteiger partial charge is 0.265 e. The fraction of sp³-hybridized carbons (Fsp3) is 0.143. The minimum absolute atomic E-state index is 0.0515. The number of nitrogens with zero attached hydrogens (tertiary/aromatic N) is 1. The third-order valence-corrected chi connectivity index (χ3v) is 3.20. The molecule has 14 heavy (non-hydrogen) atoms. The Morgan fingerprint density at radius 3 is 2.64 bits per heavy atom. The first-order valence-corrected chi connectivity index (χ1v) is 4.82. The van der Waals surface area contributed by atoms with Gasteiger partial charge >= 0.3 is 0 Å². The van der Waals surface area contributed by atoms with Crippen molar-refractivity contribution in [3.63, 3.8) is 0 Å². The summed E-state index contributed by atoms with van der Waals surface area (Å²) >= 11 is 7.13. The van der Waals surface area contributed by atoms with Crippen LogP contribution in [0.15, 0.2) is 6.20 Å². The number of halogens is 4. The Labute approximate surface area is 96.8 Å². The van der Waals surface area contributed by atoms with Crippen LogP contribution in [0.3, 0.4) is 0 Å². The van der Waals surface area contributed by atoms with Crippen LogP contribution in [0.5, 0.6) is 0 Å². The van der Waals surface area contributed by atoms with E-state index in [2.05, 4.69) is 4.98 Å². The highest BCUT2D eigenvalue weighted by molar-refractivity contribution is 14.1. The lowest BCUT2D eigenvalue weighted by atomic mass is 10.1. The van der Waals surface area contributed by atoms with Crippen LogP contribution in [-0.2, 0) is 0 Å². The fourth-order valence-corrected chi connectivity index (χ4v) is 1.70. The molecule has 0 spiro atoms. The number of rotatable bonds is 2. The third kappa shape index (κ3) is 2.11. The SMILES string of the molecule is NC(=O)c1cnc(Cl)c(I)c1C(F)F. The number of alkyl halides is 2. The Morgan fingerprint density at radius 2 is 2.21 bits per heavy atom. The lowest BCUT2D eigenvalue weighted by Crippen LogP contribution is -2.15. The van der Waals surface area contributed by atoms with Crippen LogP contribution in [-0.4, -0.2) is 10.9 Å². The number of amides is 1. The first kappa shape index (κ1) is 11.6. The molecule has 1 aromatic heterocycles. The van der Waals surface area contributed by atoms with Crippen LogP contribution in [0, 0.1) is 3.57 Å². The Hall–Kier alpha value is -0.500. The summed E-state index contributed by atoms with van der Waals surface area (Å²) in [6.07, 6.45) is -1.85. The molecule has 1 rings (SSSR count). The molecule has 1 heterocycles. The van der Waals surface area contributed by atoms with Crippen molar-refractivity contribution in [3.8, 4) is 0 Å². The highest BCUT2D eigenvalue weighted by Gasteiger charge is 2.22. The molecule has 0 atom stereocenters. The van der Waals surface area contributed by atoms with E-state index in [1.807, 2.05) is 0 Å². The Balaban J connectivity index is 3.45. The van der Waals surface area contributed by atoms with Gasteiger partial charge in [0.2, 0.25) is 0 Å². The summed E-state index contributed by atoms with van der Waals surface area (Å²) in [7, 11) is 0. The molecule has 7 heteroatoms. The van der Waals surface area contributed by atoms with Crippen molar-refractivity contribution in [2.24, 2.45) is 5.73 Å². The zero-order chi connectivity index (χ0) is 10.9. The average Bonchev–Trinajstić information content (AvgIpc) is 2.08. The number of nitrogens with two attached hydrogens (primary N) is 1. The molecule has 0 aliphatic carbocycles. The molecule has 1 amide bonds. The van der Waals surface area contributed by atoms with Gasteiger partial charge in [0.1, 0.15) is 5.15 Å². The van der Waals surface area contributed by atoms with Crippen LogP contribution in [0.2, 0.25) is 5.15 Å². The molecular formula is C7H4ClF2IN2O. The van der Waals surface area contributed by atoms with Crippen LogP contribution in [0.25, 0.3) is 0 Å².